The van der Waals surface area contributed by atoms with Gasteiger partial charge in [-0.15, -0.1) is 5.10 Å². The molecule has 0 unspecified atom stereocenters. The molecule has 150 valence electrons. The largest absolute Gasteiger partial charge is 0.417 e. The van der Waals surface area contributed by atoms with Crippen LogP contribution in [0.15, 0.2) is 48.9 Å². The summed E-state index contributed by atoms with van der Waals surface area (Å²) in [7, 11) is 0. The Morgan fingerprint density at radius 2 is 1.83 bits per heavy atom. The fourth-order valence-corrected chi connectivity index (χ4v) is 3.12. The minimum atomic E-state index is -4.41. The number of benzene rings is 1. The molecule has 0 radical (unpaired) electrons. The smallest absolute Gasteiger partial charge is 0.353 e. The van der Waals surface area contributed by atoms with Crippen LogP contribution in [0.5, 0.6) is 0 Å². The molecule has 1 aliphatic rings. The van der Waals surface area contributed by atoms with Crippen LogP contribution in [0.3, 0.4) is 0 Å². The van der Waals surface area contributed by atoms with Gasteiger partial charge in [-0.1, -0.05) is 6.07 Å². The van der Waals surface area contributed by atoms with E-state index < -0.39 is 11.7 Å². The van der Waals surface area contributed by atoms with E-state index in [0.717, 1.165) is 12.3 Å². The molecule has 4 rings (SSSR count). The van der Waals surface area contributed by atoms with Gasteiger partial charge in [0.2, 0.25) is 0 Å². The fourth-order valence-electron chi connectivity index (χ4n) is 3.12. The SMILES string of the molecule is O=C(c1cccc(-n2cnnn2)c1)N1CCN(c2ccc(C(F)(F)F)cn2)CC1. The van der Waals surface area contributed by atoms with Gasteiger partial charge in [0.15, 0.2) is 0 Å². The second-order valence-electron chi connectivity index (χ2n) is 6.49. The minimum absolute atomic E-state index is 0.125. The summed E-state index contributed by atoms with van der Waals surface area (Å²) >= 11 is 0. The zero-order chi connectivity index (χ0) is 20.4. The summed E-state index contributed by atoms with van der Waals surface area (Å²) in [5, 5.41) is 11.0. The van der Waals surface area contributed by atoms with Gasteiger partial charge in [-0.3, -0.25) is 4.79 Å². The number of alkyl halides is 3. The Hall–Kier alpha value is -3.50. The van der Waals surface area contributed by atoms with Crippen molar-refractivity contribution in [3.05, 3.63) is 60.0 Å². The highest BCUT2D eigenvalue weighted by Crippen LogP contribution is 2.29. The van der Waals surface area contributed by atoms with Crippen LogP contribution in [0.2, 0.25) is 0 Å². The zero-order valence-corrected chi connectivity index (χ0v) is 15.1. The van der Waals surface area contributed by atoms with E-state index in [0.29, 0.717) is 43.2 Å². The lowest BCUT2D eigenvalue weighted by Gasteiger charge is -2.35. The van der Waals surface area contributed by atoms with Gasteiger partial charge >= 0.3 is 6.18 Å². The topological polar surface area (TPSA) is 80.0 Å². The predicted molar refractivity (Wildman–Crippen MR) is 96.5 cm³/mol. The average molecular weight is 403 g/mol. The van der Waals surface area contributed by atoms with Crippen molar-refractivity contribution in [3.63, 3.8) is 0 Å². The molecule has 1 amide bonds. The van der Waals surface area contributed by atoms with E-state index >= 15 is 0 Å². The molecule has 0 N–H and O–H groups in total. The quantitative estimate of drug-likeness (QED) is 0.666. The molecule has 0 saturated carbocycles. The lowest BCUT2D eigenvalue weighted by atomic mass is 10.1. The van der Waals surface area contributed by atoms with Gasteiger partial charge in [0.05, 0.1) is 11.3 Å². The summed E-state index contributed by atoms with van der Waals surface area (Å²) in [6.45, 7) is 1.85. The van der Waals surface area contributed by atoms with Crippen molar-refractivity contribution in [1.29, 1.82) is 0 Å². The number of carbonyl (C=O) groups is 1. The third-order valence-corrected chi connectivity index (χ3v) is 4.67. The number of anilines is 1. The predicted octanol–water partition coefficient (Wildman–Crippen LogP) is 2.04. The monoisotopic (exact) mass is 403 g/mol. The van der Waals surface area contributed by atoms with Gasteiger partial charge in [-0.05, 0) is 40.8 Å². The second-order valence-corrected chi connectivity index (χ2v) is 6.49. The zero-order valence-electron chi connectivity index (χ0n) is 15.1. The number of piperazine rings is 1. The third-order valence-electron chi connectivity index (χ3n) is 4.67. The van der Waals surface area contributed by atoms with E-state index in [1.165, 1.54) is 17.1 Å². The van der Waals surface area contributed by atoms with Crippen molar-refractivity contribution in [1.82, 2.24) is 30.1 Å². The molecule has 1 saturated heterocycles. The molecule has 11 heteroatoms. The lowest BCUT2D eigenvalue weighted by Crippen LogP contribution is -2.49. The van der Waals surface area contributed by atoms with Gasteiger partial charge in [0, 0.05) is 37.9 Å². The van der Waals surface area contributed by atoms with Crippen LogP contribution in [-0.2, 0) is 6.18 Å². The number of carbonyl (C=O) groups excluding carboxylic acids is 1. The van der Waals surface area contributed by atoms with Crippen molar-refractivity contribution < 1.29 is 18.0 Å². The van der Waals surface area contributed by atoms with Crippen LogP contribution in [0.25, 0.3) is 5.69 Å². The van der Waals surface area contributed by atoms with E-state index in [4.69, 9.17) is 0 Å². The molecule has 1 aromatic carbocycles. The summed E-state index contributed by atoms with van der Waals surface area (Å²) in [4.78, 5) is 20.3. The van der Waals surface area contributed by atoms with Gasteiger partial charge in [-0.2, -0.15) is 13.2 Å². The first-order chi connectivity index (χ1) is 13.9. The second kappa shape index (κ2) is 7.49. The Bertz CT molecular complexity index is 981. The standard InChI is InChI=1S/C18H16F3N7O/c19-18(20,21)14-4-5-16(22-11-14)26-6-8-27(9-7-26)17(29)13-2-1-3-15(10-13)28-12-23-24-25-28/h1-5,10-12H,6-9H2. The Morgan fingerprint density at radius 1 is 1.03 bits per heavy atom. The number of halogens is 3. The molecule has 0 aliphatic carbocycles. The summed E-state index contributed by atoms with van der Waals surface area (Å²) in [6.07, 6.45) is -2.13. The first-order valence-electron chi connectivity index (χ1n) is 8.83. The number of tetrazole rings is 1. The number of aromatic nitrogens is 5. The highest BCUT2D eigenvalue weighted by atomic mass is 19.4. The van der Waals surface area contributed by atoms with Crippen LogP contribution < -0.4 is 4.90 Å². The lowest BCUT2D eigenvalue weighted by molar-refractivity contribution is -0.137. The molecule has 2 aromatic heterocycles. The average Bonchev–Trinajstić information content (AvgIpc) is 3.28. The normalized spacial score (nSPS) is 14.9. The Morgan fingerprint density at radius 3 is 2.45 bits per heavy atom. The van der Waals surface area contributed by atoms with E-state index in [-0.39, 0.29) is 5.91 Å². The van der Waals surface area contributed by atoms with Crippen molar-refractivity contribution in [2.45, 2.75) is 6.18 Å². The Labute approximate surface area is 163 Å². The summed E-state index contributed by atoms with van der Waals surface area (Å²) in [6, 6.07) is 9.36. The molecular weight excluding hydrogens is 387 g/mol. The van der Waals surface area contributed by atoms with Crippen molar-refractivity contribution in [3.8, 4) is 5.69 Å². The summed E-state index contributed by atoms with van der Waals surface area (Å²) < 4.78 is 39.5. The van der Waals surface area contributed by atoms with E-state index in [1.807, 2.05) is 4.90 Å². The van der Waals surface area contributed by atoms with Gasteiger partial charge in [0.1, 0.15) is 12.1 Å². The number of hydrogen-bond donors (Lipinski definition) is 0. The summed E-state index contributed by atoms with van der Waals surface area (Å²) in [5.74, 6) is 0.339. The third kappa shape index (κ3) is 4.03. The molecule has 29 heavy (non-hydrogen) atoms. The van der Waals surface area contributed by atoms with Crippen LogP contribution in [0.4, 0.5) is 19.0 Å². The van der Waals surface area contributed by atoms with E-state index in [1.54, 1.807) is 29.2 Å². The molecule has 0 bridgehead atoms. The maximum atomic E-state index is 12.8. The minimum Gasteiger partial charge on any atom is -0.353 e. The van der Waals surface area contributed by atoms with Gasteiger partial charge in [-0.25, -0.2) is 9.67 Å². The first-order valence-corrected chi connectivity index (χ1v) is 8.83. The number of amides is 1. The number of hydrogen-bond acceptors (Lipinski definition) is 6. The van der Waals surface area contributed by atoms with Crippen LogP contribution in [0.1, 0.15) is 15.9 Å². The van der Waals surface area contributed by atoms with E-state index in [9.17, 15) is 18.0 Å². The molecule has 0 atom stereocenters. The molecule has 8 nitrogen and oxygen atoms in total. The van der Waals surface area contributed by atoms with Gasteiger partial charge < -0.3 is 9.80 Å². The van der Waals surface area contributed by atoms with Crippen LogP contribution in [-0.4, -0.2) is 62.2 Å². The van der Waals surface area contributed by atoms with Crippen molar-refractivity contribution in [2.75, 3.05) is 31.1 Å². The maximum absolute atomic E-state index is 12.8. The maximum Gasteiger partial charge on any atom is 0.417 e. The highest BCUT2D eigenvalue weighted by molar-refractivity contribution is 5.95. The molecule has 3 heterocycles. The Balaban J connectivity index is 1.41. The number of rotatable bonds is 3. The van der Waals surface area contributed by atoms with Crippen molar-refractivity contribution >= 4 is 11.7 Å². The summed E-state index contributed by atoms with van der Waals surface area (Å²) in [5.41, 5.74) is 0.407. The molecule has 3 aromatic rings. The van der Waals surface area contributed by atoms with Gasteiger partial charge in [0.25, 0.3) is 5.91 Å². The molecule has 0 spiro atoms. The number of pyridine rings is 1. The molecule has 1 aliphatic heterocycles. The highest BCUT2D eigenvalue weighted by Gasteiger charge is 2.31. The van der Waals surface area contributed by atoms with Crippen molar-refractivity contribution in [2.24, 2.45) is 0 Å². The van der Waals surface area contributed by atoms with Crippen LogP contribution >= 0.6 is 0 Å². The van der Waals surface area contributed by atoms with Crippen LogP contribution in [0, 0.1) is 0 Å². The van der Waals surface area contributed by atoms with E-state index in [2.05, 4.69) is 20.5 Å². The Kier molecular flexibility index (Phi) is 4.87. The fraction of sp³-hybridized carbons (Fsp3) is 0.278. The first kappa shape index (κ1) is 18.8. The molecular formula is C18H16F3N7O. The number of nitrogens with zero attached hydrogens (tertiary/aromatic N) is 7. The molecule has 1 fully saturated rings.